The Labute approximate surface area is 166 Å². The highest BCUT2D eigenvalue weighted by molar-refractivity contribution is 7.89. The molecular weight excluding hydrogens is 382 g/mol. The number of rotatable bonds is 7. The smallest absolute Gasteiger partial charge is 0.243 e. The topological polar surface area (TPSA) is 105 Å². The summed E-state index contributed by atoms with van der Waals surface area (Å²) in [6.07, 6.45) is 0.833. The second-order valence-corrected chi connectivity index (χ2v) is 9.19. The van der Waals surface area contributed by atoms with Gasteiger partial charge in [0.2, 0.25) is 21.8 Å². The molecule has 2 N–H and O–H groups in total. The van der Waals surface area contributed by atoms with E-state index in [1.807, 2.05) is 13.8 Å². The van der Waals surface area contributed by atoms with Crippen molar-refractivity contribution in [2.75, 3.05) is 20.2 Å². The van der Waals surface area contributed by atoms with Gasteiger partial charge in [0.05, 0.1) is 12.0 Å². The van der Waals surface area contributed by atoms with E-state index in [1.165, 1.54) is 23.5 Å². The molecule has 2 rings (SSSR count). The molecule has 1 heterocycles. The fourth-order valence-electron chi connectivity index (χ4n) is 3.06. The van der Waals surface area contributed by atoms with Gasteiger partial charge in [-0.05, 0) is 57.9 Å². The molecule has 1 fully saturated rings. The lowest BCUT2D eigenvalue weighted by molar-refractivity contribution is -0.131. The molecule has 1 saturated heterocycles. The molecule has 0 aliphatic carbocycles. The van der Waals surface area contributed by atoms with Gasteiger partial charge in [0.1, 0.15) is 11.8 Å². The molecule has 0 spiro atoms. The maximum atomic E-state index is 12.8. The first kappa shape index (κ1) is 22.2. The maximum absolute atomic E-state index is 12.8. The molecule has 1 aliphatic heterocycles. The number of amides is 2. The van der Waals surface area contributed by atoms with E-state index in [0.717, 1.165) is 0 Å². The molecule has 1 unspecified atom stereocenters. The first-order chi connectivity index (χ1) is 13.1. The van der Waals surface area contributed by atoms with Crippen molar-refractivity contribution in [2.45, 2.75) is 50.6 Å². The highest BCUT2D eigenvalue weighted by Gasteiger charge is 2.33. The number of nitrogens with one attached hydrogen (secondary N) is 2. The summed E-state index contributed by atoms with van der Waals surface area (Å²) < 4.78 is 32.0. The first-order valence-electron chi connectivity index (χ1n) is 9.40. The van der Waals surface area contributed by atoms with E-state index in [2.05, 4.69) is 10.6 Å². The van der Waals surface area contributed by atoms with E-state index in [0.29, 0.717) is 18.6 Å². The predicted molar refractivity (Wildman–Crippen MR) is 105 cm³/mol. The van der Waals surface area contributed by atoms with Gasteiger partial charge in [0.15, 0.2) is 0 Å². The average Bonchev–Trinajstić information content (AvgIpc) is 2.67. The van der Waals surface area contributed by atoms with E-state index < -0.39 is 16.1 Å². The molecule has 0 saturated carbocycles. The van der Waals surface area contributed by atoms with Crippen molar-refractivity contribution < 1.29 is 22.7 Å². The highest BCUT2D eigenvalue weighted by Crippen LogP contribution is 2.25. The first-order valence-corrected chi connectivity index (χ1v) is 10.8. The lowest BCUT2D eigenvalue weighted by Gasteiger charge is -2.31. The zero-order chi connectivity index (χ0) is 20.9. The van der Waals surface area contributed by atoms with Crippen molar-refractivity contribution in [3.05, 3.63) is 24.3 Å². The molecular formula is C19H29N3O5S. The molecule has 1 aromatic carbocycles. The van der Waals surface area contributed by atoms with Crippen LogP contribution in [0.25, 0.3) is 0 Å². The number of hydrogen-bond donors (Lipinski definition) is 2. The van der Waals surface area contributed by atoms with Crippen LogP contribution in [0.2, 0.25) is 0 Å². The Morgan fingerprint density at radius 2 is 1.64 bits per heavy atom. The van der Waals surface area contributed by atoms with Crippen LogP contribution in [0.1, 0.15) is 33.6 Å². The summed E-state index contributed by atoms with van der Waals surface area (Å²) in [5.74, 6) is -0.169. The largest absolute Gasteiger partial charge is 0.497 e. The number of methoxy groups -OCH3 is 1. The van der Waals surface area contributed by atoms with Crippen LogP contribution in [0.3, 0.4) is 0 Å². The Morgan fingerprint density at radius 3 is 2.14 bits per heavy atom. The normalized spacial score (nSPS) is 17.2. The Morgan fingerprint density at radius 1 is 1.07 bits per heavy atom. The molecule has 1 atom stereocenters. The molecule has 2 amide bonds. The molecule has 1 aliphatic rings. The van der Waals surface area contributed by atoms with Gasteiger partial charge >= 0.3 is 0 Å². The predicted octanol–water partition coefficient (Wildman–Crippen LogP) is 1.13. The van der Waals surface area contributed by atoms with Crippen LogP contribution >= 0.6 is 0 Å². The molecule has 0 aromatic heterocycles. The number of nitrogens with zero attached hydrogens (tertiary/aromatic N) is 1. The van der Waals surface area contributed by atoms with Crippen LogP contribution in [0.15, 0.2) is 29.2 Å². The minimum atomic E-state index is -3.60. The van der Waals surface area contributed by atoms with Crippen molar-refractivity contribution in [1.82, 2.24) is 14.9 Å². The third-order valence-electron chi connectivity index (χ3n) is 4.70. The lowest BCUT2D eigenvalue weighted by atomic mass is 9.97. The van der Waals surface area contributed by atoms with Gasteiger partial charge in [-0.1, -0.05) is 0 Å². The second kappa shape index (κ2) is 9.38. The standard InChI is InChI=1S/C19H29N3O5S/c1-13(2)20-18(23)14(3)21-19(24)15-9-11-22(12-10-15)28(25,26)17-7-5-16(27-4)6-8-17/h5-8,13-15H,9-12H2,1-4H3,(H,20,23)(H,21,24). The Balaban J connectivity index is 1.92. The number of sulfonamides is 1. The number of benzene rings is 1. The van der Waals surface area contributed by atoms with Crippen molar-refractivity contribution in [2.24, 2.45) is 5.92 Å². The van der Waals surface area contributed by atoms with Crippen LogP contribution in [0.4, 0.5) is 0 Å². The average molecular weight is 412 g/mol. The Kier molecular flexibility index (Phi) is 7.42. The van der Waals surface area contributed by atoms with Gasteiger partial charge in [0, 0.05) is 25.0 Å². The monoisotopic (exact) mass is 411 g/mol. The third-order valence-corrected chi connectivity index (χ3v) is 6.62. The van der Waals surface area contributed by atoms with E-state index >= 15 is 0 Å². The van der Waals surface area contributed by atoms with Crippen LogP contribution in [-0.4, -0.2) is 56.8 Å². The van der Waals surface area contributed by atoms with E-state index in [-0.39, 0.29) is 41.8 Å². The van der Waals surface area contributed by atoms with Gasteiger partial charge < -0.3 is 15.4 Å². The van der Waals surface area contributed by atoms with Crippen LogP contribution in [0, 0.1) is 5.92 Å². The Hall–Kier alpha value is -2.13. The van der Waals surface area contributed by atoms with Gasteiger partial charge in [-0.25, -0.2) is 8.42 Å². The SMILES string of the molecule is COc1ccc(S(=O)(=O)N2CCC(C(=O)NC(C)C(=O)NC(C)C)CC2)cc1. The highest BCUT2D eigenvalue weighted by atomic mass is 32.2. The van der Waals surface area contributed by atoms with Gasteiger partial charge in [0.25, 0.3) is 0 Å². The number of piperidine rings is 1. The van der Waals surface area contributed by atoms with E-state index in [9.17, 15) is 18.0 Å². The second-order valence-electron chi connectivity index (χ2n) is 7.25. The molecule has 0 radical (unpaired) electrons. The maximum Gasteiger partial charge on any atom is 0.243 e. The summed E-state index contributed by atoms with van der Waals surface area (Å²) in [7, 11) is -2.08. The summed E-state index contributed by atoms with van der Waals surface area (Å²) in [6, 6.07) is 5.62. The summed E-state index contributed by atoms with van der Waals surface area (Å²) in [4.78, 5) is 24.6. The summed E-state index contributed by atoms with van der Waals surface area (Å²) in [5.41, 5.74) is 0. The zero-order valence-corrected chi connectivity index (χ0v) is 17.6. The van der Waals surface area contributed by atoms with Crippen molar-refractivity contribution >= 4 is 21.8 Å². The molecule has 156 valence electrons. The molecule has 1 aromatic rings. The minimum Gasteiger partial charge on any atom is -0.497 e. The van der Waals surface area contributed by atoms with Crippen molar-refractivity contribution in [3.8, 4) is 5.75 Å². The van der Waals surface area contributed by atoms with Crippen LogP contribution < -0.4 is 15.4 Å². The number of carbonyl (C=O) groups excluding carboxylic acids is 2. The Bertz CT molecular complexity index is 784. The van der Waals surface area contributed by atoms with Gasteiger partial charge in [-0.3, -0.25) is 9.59 Å². The number of ether oxygens (including phenoxy) is 1. The molecule has 28 heavy (non-hydrogen) atoms. The molecule has 8 nitrogen and oxygen atoms in total. The lowest BCUT2D eigenvalue weighted by Crippen LogP contribution is -2.50. The summed E-state index contributed by atoms with van der Waals surface area (Å²) in [6.45, 7) is 5.87. The fourth-order valence-corrected chi connectivity index (χ4v) is 4.53. The van der Waals surface area contributed by atoms with Crippen molar-refractivity contribution in [3.63, 3.8) is 0 Å². The number of carbonyl (C=O) groups is 2. The van der Waals surface area contributed by atoms with Gasteiger partial charge in [-0.15, -0.1) is 0 Å². The van der Waals surface area contributed by atoms with Crippen LogP contribution in [-0.2, 0) is 19.6 Å². The zero-order valence-electron chi connectivity index (χ0n) is 16.8. The summed E-state index contributed by atoms with van der Waals surface area (Å²) >= 11 is 0. The number of hydrogen-bond acceptors (Lipinski definition) is 5. The molecule has 9 heteroatoms. The fraction of sp³-hybridized carbons (Fsp3) is 0.579. The summed E-state index contributed by atoms with van der Waals surface area (Å²) in [5, 5.41) is 5.47. The quantitative estimate of drug-likeness (QED) is 0.700. The van der Waals surface area contributed by atoms with Crippen LogP contribution in [0.5, 0.6) is 5.75 Å². The minimum absolute atomic E-state index is 0.00162. The third kappa shape index (κ3) is 5.45. The molecule has 0 bridgehead atoms. The van der Waals surface area contributed by atoms with E-state index in [4.69, 9.17) is 4.74 Å². The van der Waals surface area contributed by atoms with Crippen molar-refractivity contribution in [1.29, 1.82) is 0 Å². The van der Waals surface area contributed by atoms with E-state index in [1.54, 1.807) is 19.1 Å². The van der Waals surface area contributed by atoms with Gasteiger partial charge in [-0.2, -0.15) is 4.31 Å².